The predicted octanol–water partition coefficient (Wildman–Crippen LogP) is 3.20. The molecule has 1 nitrogen and oxygen atoms in total. The van der Waals surface area contributed by atoms with Crippen molar-refractivity contribution in [3.05, 3.63) is 0 Å². The molecule has 1 heterocycles. The second kappa shape index (κ2) is 6.42. The lowest BCUT2D eigenvalue weighted by Gasteiger charge is -2.22. The van der Waals surface area contributed by atoms with Crippen molar-refractivity contribution in [3.63, 3.8) is 0 Å². The lowest BCUT2D eigenvalue weighted by atomic mass is 9.86. The monoisotopic (exact) mass is 183 g/mol. The predicted molar refractivity (Wildman–Crippen MR) is 58.9 cm³/mol. The third-order valence-corrected chi connectivity index (χ3v) is 3.30. The minimum absolute atomic E-state index is 0.896. The highest BCUT2D eigenvalue weighted by Gasteiger charge is 2.13. The molecule has 0 spiro atoms. The van der Waals surface area contributed by atoms with E-state index in [1.807, 2.05) is 0 Å². The molecule has 1 saturated heterocycles. The summed E-state index contributed by atoms with van der Waals surface area (Å²) in [5.41, 5.74) is 0. The molecule has 0 atom stereocenters. The van der Waals surface area contributed by atoms with Crippen molar-refractivity contribution in [3.8, 4) is 0 Å². The Kier molecular flexibility index (Phi) is 5.45. The van der Waals surface area contributed by atoms with Crippen LogP contribution in [0.4, 0.5) is 0 Å². The summed E-state index contributed by atoms with van der Waals surface area (Å²) in [7, 11) is 0. The molecule has 1 aliphatic heterocycles. The first-order valence-electron chi connectivity index (χ1n) is 6.01. The van der Waals surface area contributed by atoms with Crippen molar-refractivity contribution in [1.29, 1.82) is 0 Å². The third-order valence-electron chi connectivity index (χ3n) is 3.30. The van der Waals surface area contributed by atoms with Gasteiger partial charge in [-0.15, -0.1) is 0 Å². The maximum Gasteiger partial charge on any atom is -0.00489 e. The zero-order valence-electron chi connectivity index (χ0n) is 9.31. The van der Waals surface area contributed by atoms with Crippen LogP contribution in [-0.4, -0.2) is 13.1 Å². The SMILES string of the molecule is CC(C)C1CCCCNCCCC1. The summed E-state index contributed by atoms with van der Waals surface area (Å²) in [5.74, 6) is 1.89. The van der Waals surface area contributed by atoms with Crippen molar-refractivity contribution in [2.24, 2.45) is 11.8 Å². The highest BCUT2D eigenvalue weighted by Crippen LogP contribution is 2.24. The molecule has 0 aliphatic carbocycles. The van der Waals surface area contributed by atoms with E-state index in [0.29, 0.717) is 0 Å². The second-order valence-corrected chi connectivity index (χ2v) is 4.75. The van der Waals surface area contributed by atoms with Crippen LogP contribution in [0.5, 0.6) is 0 Å². The molecule has 1 N–H and O–H groups in total. The van der Waals surface area contributed by atoms with Gasteiger partial charge >= 0.3 is 0 Å². The summed E-state index contributed by atoms with van der Waals surface area (Å²) in [6.45, 7) is 7.25. The van der Waals surface area contributed by atoms with Crippen LogP contribution < -0.4 is 5.32 Å². The van der Waals surface area contributed by atoms with E-state index >= 15 is 0 Å². The molecule has 0 aromatic carbocycles. The fraction of sp³-hybridized carbons (Fsp3) is 1.00. The molecule has 1 rings (SSSR count). The molecule has 0 saturated carbocycles. The summed E-state index contributed by atoms with van der Waals surface area (Å²) in [4.78, 5) is 0. The Bertz CT molecular complexity index is 110. The Morgan fingerprint density at radius 2 is 1.46 bits per heavy atom. The van der Waals surface area contributed by atoms with Gasteiger partial charge in [0.2, 0.25) is 0 Å². The highest BCUT2D eigenvalue weighted by molar-refractivity contribution is 4.66. The first-order chi connectivity index (χ1) is 6.30. The molecular formula is C12H25N. The van der Waals surface area contributed by atoms with Crippen LogP contribution in [0.15, 0.2) is 0 Å². The Hall–Kier alpha value is -0.0400. The summed E-state index contributed by atoms with van der Waals surface area (Å²) < 4.78 is 0. The summed E-state index contributed by atoms with van der Waals surface area (Å²) in [6.07, 6.45) is 8.52. The highest BCUT2D eigenvalue weighted by atomic mass is 14.8. The van der Waals surface area contributed by atoms with Crippen LogP contribution in [0.1, 0.15) is 52.4 Å². The van der Waals surface area contributed by atoms with Crippen LogP contribution in [0.2, 0.25) is 0 Å². The Morgan fingerprint density at radius 1 is 0.923 bits per heavy atom. The van der Waals surface area contributed by atoms with E-state index in [0.717, 1.165) is 11.8 Å². The van der Waals surface area contributed by atoms with Crippen LogP contribution >= 0.6 is 0 Å². The molecule has 1 heteroatoms. The van der Waals surface area contributed by atoms with Crippen LogP contribution in [-0.2, 0) is 0 Å². The average molecular weight is 183 g/mol. The fourth-order valence-electron chi connectivity index (χ4n) is 2.25. The summed E-state index contributed by atoms with van der Waals surface area (Å²) >= 11 is 0. The Labute approximate surface area is 83.3 Å². The van der Waals surface area contributed by atoms with Gasteiger partial charge in [-0.05, 0) is 37.8 Å². The summed E-state index contributed by atoms with van der Waals surface area (Å²) in [6, 6.07) is 0. The lowest BCUT2D eigenvalue weighted by molar-refractivity contribution is 0.308. The smallest absolute Gasteiger partial charge is 0.00489 e. The van der Waals surface area contributed by atoms with Gasteiger partial charge < -0.3 is 5.32 Å². The van der Waals surface area contributed by atoms with E-state index in [-0.39, 0.29) is 0 Å². The number of rotatable bonds is 1. The first-order valence-corrected chi connectivity index (χ1v) is 6.01. The van der Waals surface area contributed by atoms with Gasteiger partial charge in [0.05, 0.1) is 0 Å². The van der Waals surface area contributed by atoms with Gasteiger partial charge in [0.1, 0.15) is 0 Å². The molecule has 0 aromatic heterocycles. The molecule has 0 radical (unpaired) electrons. The molecule has 1 fully saturated rings. The van der Waals surface area contributed by atoms with Crippen LogP contribution in [0.25, 0.3) is 0 Å². The first kappa shape index (κ1) is 11.0. The lowest BCUT2D eigenvalue weighted by Crippen LogP contribution is -2.19. The largest absolute Gasteiger partial charge is 0.317 e. The minimum atomic E-state index is 0.896. The number of hydrogen-bond acceptors (Lipinski definition) is 1. The average Bonchev–Trinajstić information content (AvgIpc) is 2.14. The second-order valence-electron chi connectivity index (χ2n) is 4.75. The van der Waals surface area contributed by atoms with E-state index in [2.05, 4.69) is 19.2 Å². The van der Waals surface area contributed by atoms with Gasteiger partial charge in [-0.3, -0.25) is 0 Å². The third kappa shape index (κ3) is 4.66. The molecule has 0 aromatic rings. The van der Waals surface area contributed by atoms with Crippen molar-refractivity contribution in [2.45, 2.75) is 52.4 Å². The maximum absolute atomic E-state index is 3.50. The molecule has 78 valence electrons. The molecule has 0 unspecified atom stereocenters. The van der Waals surface area contributed by atoms with E-state index in [4.69, 9.17) is 0 Å². The topological polar surface area (TPSA) is 12.0 Å². The van der Waals surface area contributed by atoms with Gasteiger partial charge in [0, 0.05) is 0 Å². The van der Waals surface area contributed by atoms with Crippen molar-refractivity contribution < 1.29 is 0 Å². The van der Waals surface area contributed by atoms with Gasteiger partial charge in [-0.2, -0.15) is 0 Å². The molecule has 13 heavy (non-hydrogen) atoms. The van der Waals surface area contributed by atoms with E-state index < -0.39 is 0 Å². The van der Waals surface area contributed by atoms with E-state index in [1.165, 1.54) is 51.6 Å². The molecular weight excluding hydrogens is 158 g/mol. The normalized spacial score (nSPS) is 23.3. The van der Waals surface area contributed by atoms with Gasteiger partial charge in [-0.25, -0.2) is 0 Å². The Morgan fingerprint density at radius 3 is 1.92 bits per heavy atom. The van der Waals surface area contributed by atoms with Gasteiger partial charge in [0.25, 0.3) is 0 Å². The van der Waals surface area contributed by atoms with Crippen LogP contribution in [0.3, 0.4) is 0 Å². The number of hydrogen-bond donors (Lipinski definition) is 1. The van der Waals surface area contributed by atoms with E-state index in [1.54, 1.807) is 0 Å². The standard InChI is InChI=1S/C12H25N/c1-11(2)12-7-3-5-9-13-10-6-4-8-12/h11-13H,3-10H2,1-2H3. The van der Waals surface area contributed by atoms with Crippen LogP contribution in [0, 0.1) is 11.8 Å². The summed E-state index contributed by atoms with van der Waals surface area (Å²) in [5, 5.41) is 3.50. The Balaban J connectivity index is 2.26. The molecule has 1 aliphatic rings. The maximum atomic E-state index is 3.50. The zero-order chi connectivity index (χ0) is 9.52. The zero-order valence-corrected chi connectivity index (χ0v) is 9.31. The minimum Gasteiger partial charge on any atom is -0.317 e. The van der Waals surface area contributed by atoms with E-state index in [9.17, 15) is 0 Å². The van der Waals surface area contributed by atoms with Gasteiger partial charge in [-0.1, -0.05) is 39.5 Å². The fourth-order valence-corrected chi connectivity index (χ4v) is 2.25. The van der Waals surface area contributed by atoms with Crippen molar-refractivity contribution in [2.75, 3.05) is 13.1 Å². The van der Waals surface area contributed by atoms with Gasteiger partial charge in [0.15, 0.2) is 0 Å². The number of nitrogens with one attached hydrogen (secondary N) is 1. The van der Waals surface area contributed by atoms with Crippen molar-refractivity contribution >= 4 is 0 Å². The van der Waals surface area contributed by atoms with Crippen molar-refractivity contribution in [1.82, 2.24) is 5.32 Å². The molecule has 0 amide bonds. The molecule has 0 bridgehead atoms. The quantitative estimate of drug-likeness (QED) is 0.658.